The number of carboxylic acid groups (broad SMARTS) is 1. The Morgan fingerprint density at radius 3 is 1.79 bits per heavy atom. The molecule has 5 aromatic rings. The molecule has 0 saturated carbocycles. The average molecular weight is 1590 g/mol. The Hall–Kier alpha value is -9.32. The van der Waals surface area contributed by atoms with E-state index >= 15 is 19.2 Å². The number of primary amides is 1. The van der Waals surface area contributed by atoms with Crippen molar-refractivity contribution in [1.82, 2.24) is 37.2 Å². The molecule has 8 heterocycles. The van der Waals surface area contributed by atoms with Crippen LogP contribution in [0.5, 0.6) is 46.0 Å². The highest BCUT2D eigenvalue weighted by molar-refractivity contribution is 6.32. The SMILES string of the molecule is CN[C@@H](CC(C)C)C(=O)N[C@H]1C(=O)N[C@H](CC(N)=O)C(=O)NC2C(=O)N[C@@H]3C(=O)N[C@H](C(=O)NC(C(=O)O)c4cc(O)cc(O)c4-c4cc3ccc4O)[C@H](O[C@H]3C[C@](C)(N)[C@H](O)[C@H](C)O3)c3ccc(c(Cl)c3)Oc3cc2cc(c3O[C@H]2O[C@@H](CO)[C@H](O)[C@H](O)[C@@H]2O[C@@H]2C[C@@](C)(N)[C@H](O)[C@@H](C)O2)Oc2ccc(cc2Cl)[C@H]1O. The molecule has 7 amide bonds. The number of hydrogen-bond donors (Lipinski definition) is 20. The highest BCUT2D eigenvalue weighted by Gasteiger charge is 2.52. The van der Waals surface area contributed by atoms with Gasteiger partial charge in [0, 0.05) is 46.7 Å². The quantitative estimate of drug-likeness (QED) is 0.0672. The molecular weight excluding hydrogens is 1500 g/mol. The van der Waals surface area contributed by atoms with Crippen LogP contribution in [0.4, 0.5) is 0 Å². The van der Waals surface area contributed by atoms with Crippen LogP contribution in [-0.4, -0.2) is 215 Å². The second kappa shape index (κ2) is 33.2. The van der Waals surface area contributed by atoms with E-state index in [4.69, 9.17) is 78.3 Å². The van der Waals surface area contributed by atoms with Crippen LogP contribution in [0.1, 0.15) is 125 Å². The van der Waals surface area contributed by atoms with Gasteiger partial charge in [0.1, 0.15) is 89.5 Å². The summed E-state index contributed by atoms with van der Waals surface area (Å²) in [7, 11) is 1.47. The van der Waals surface area contributed by atoms with Crippen LogP contribution in [-0.2, 0) is 62.0 Å². The number of aliphatic hydroxyl groups excluding tert-OH is 6. The lowest BCUT2D eigenvalue weighted by molar-refractivity contribution is -0.333. The number of aliphatic hydroxyl groups is 6. The number of fused-ring (bicyclic) bond motifs is 15. The van der Waals surface area contributed by atoms with E-state index in [1.165, 1.54) is 65.1 Å². The second-order valence-corrected chi connectivity index (χ2v) is 30.1. The lowest BCUT2D eigenvalue weighted by Gasteiger charge is -2.47. The summed E-state index contributed by atoms with van der Waals surface area (Å²) in [6.07, 6.45) is -22.8. The van der Waals surface area contributed by atoms with Crippen molar-refractivity contribution >= 4 is 70.5 Å². The number of benzene rings is 5. The Labute approximate surface area is 643 Å². The van der Waals surface area contributed by atoms with Crippen molar-refractivity contribution in [3.8, 4) is 57.1 Å². The molecule has 0 aromatic heterocycles. The number of halogens is 2. The number of nitrogens with two attached hydrogens (primary N) is 3. The predicted molar refractivity (Wildman–Crippen MR) is 386 cm³/mol. The summed E-state index contributed by atoms with van der Waals surface area (Å²) in [6, 6.07) is -0.452. The molecule has 0 spiro atoms. The first-order valence-corrected chi connectivity index (χ1v) is 36.1. The maximum atomic E-state index is 16.4. The number of ether oxygens (including phenoxy) is 8. The maximum absolute atomic E-state index is 16.4. The summed E-state index contributed by atoms with van der Waals surface area (Å²) >= 11 is 14.5. The third-order valence-corrected chi connectivity index (χ3v) is 20.7. The minimum atomic E-state index is -2.38. The van der Waals surface area contributed by atoms with E-state index in [0.717, 1.165) is 48.5 Å². The van der Waals surface area contributed by atoms with Crippen LogP contribution in [0, 0.1) is 5.92 Å². The minimum absolute atomic E-state index is 0.110. The van der Waals surface area contributed by atoms with Crippen LogP contribution < -0.4 is 68.6 Å². The topological polar surface area (TPSA) is 575 Å². The first-order chi connectivity index (χ1) is 52.3. The molecule has 38 heteroatoms. The Morgan fingerprint density at radius 2 is 1.23 bits per heavy atom. The number of phenolic OH excluding ortho intramolecular Hbond substituents is 3. The molecule has 22 atom stereocenters. The van der Waals surface area contributed by atoms with Gasteiger partial charge in [-0.2, -0.15) is 0 Å². The summed E-state index contributed by atoms with van der Waals surface area (Å²) in [4.78, 5) is 120. The Bertz CT molecular complexity index is 4420. The minimum Gasteiger partial charge on any atom is -0.508 e. The summed E-state index contributed by atoms with van der Waals surface area (Å²) in [5.74, 6) is -16.1. The fraction of sp³-hybridized carbons (Fsp3) is 0.479. The third kappa shape index (κ3) is 17.7. The number of rotatable bonds is 15. The monoisotopic (exact) mass is 1590 g/mol. The largest absolute Gasteiger partial charge is 0.508 e. The normalized spacial score (nSPS) is 32.1. The summed E-state index contributed by atoms with van der Waals surface area (Å²) in [5.41, 5.74) is 13.3. The van der Waals surface area contributed by atoms with Crippen molar-refractivity contribution in [3.63, 3.8) is 0 Å². The molecule has 11 bridgehead atoms. The van der Waals surface area contributed by atoms with E-state index in [-0.39, 0.29) is 52.6 Å². The van der Waals surface area contributed by atoms with E-state index in [1.807, 2.05) is 13.8 Å². The number of hydrogen-bond acceptors (Lipinski definition) is 28. The summed E-state index contributed by atoms with van der Waals surface area (Å²) in [5, 5.41) is 131. The smallest absolute Gasteiger partial charge is 0.330 e. The fourth-order valence-electron chi connectivity index (χ4n) is 14.3. The molecule has 3 fully saturated rings. The van der Waals surface area contributed by atoms with Crippen molar-refractivity contribution in [1.29, 1.82) is 0 Å². The molecule has 0 aliphatic carbocycles. The van der Waals surface area contributed by atoms with Gasteiger partial charge in [-0.1, -0.05) is 55.2 Å². The van der Waals surface area contributed by atoms with Crippen molar-refractivity contribution < 1.29 is 127 Å². The van der Waals surface area contributed by atoms with E-state index in [0.29, 0.717) is 0 Å². The molecular formula is C73H88Cl2N10O26. The Balaban J connectivity index is 1.19. The molecule has 3 saturated heterocycles. The van der Waals surface area contributed by atoms with Crippen LogP contribution in [0.3, 0.4) is 0 Å². The number of phenols is 3. The molecule has 111 heavy (non-hydrogen) atoms. The van der Waals surface area contributed by atoms with E-state index < -0.39 is 261 Å². The van der Waals surface area contributed by atoms with Gasteiger partial charge in [-0.3, -0.25) is 33.6 Å². The standard InChI is InChI=1S/C73H88Cl2N10O26/c1-26(2)14-38(79-7)64(96)84-54-56(91)30-9-12-42(36(74)16-30)106-44-18-32-19-45(60(44)111-71-61(58(93)57(92)46(25-86)108-71)110-49-24-73(6,78)63(95)28(4)105-49)107-43-13-10-31(17-37(43)75)59(109-48-23-72(5,77)62(94)27(3)104-48)55-69(101)83-53(70(102)103)35-20-33(87)21-41(89)50(35)34-15-29(8-11-40(34)88)51(66(98)85-55)82-67(99)52(32)81-65(97)39(22-47(76)90)80-68(54)100/h8-13,15-21,26-28,38-39,46,48-49,51-59,61-63,71,79,86-89,91-95H,14,22-25,77-78H2,1-7H3,(H2,76,90)(H,80,100)(H,81,97)(H,82,99)(H,83,101)(H,84,96)(H,85,98)(H,102,103)/t27-,28+,38-,39+,46-,48-,49+,51-,52?,53?,54+,55-,56+,57-,58-,59+,61-,62+,63+,71+,72-,73+/m0/s1. The number of nitrogens with one attached hydrogen (secondary N) is 7. The number of aromatic hydroxyl groups is 3. The Kier molecular flexibility index (Phi) is 24.7. The average Bonchev–Trinajstić information content (AvgIpc) is 0.763. The predicted octanol–water partition coefficient (Wildman–Crippen LogP) is 0.344. The van der Waals surface area contributed by atoms with E-state index in [1.54, 1.807) is 0 Å². The van der Waals surface area contributed by atoms with Gasteiger partial charge in [-0.15, -0.1) is 0 Å². The van der Waals surface area contributed by atoms with Gasteiger partial charge < -0.3 is 143 Å². The summed E-state index contributed by atoms with van der Waals surface area (Å²) in [6.45, 7) is 8.58. The van der Waals surface area contributed by atoms with Crippen molar-refractivity contribution in [2.45, 2.75) is 201 Å². The zero-order valence-corrected chi connectivity index (χ0v) is 62.2. The van der Waals surface area contributed by atoms with Gasteiger partial charge in [-0.05, 0) is 124 Å². The fourth-order valence-corrected chi connectivity index (χ4v) is 14.7. The molecule has 8 aliphatic heterocycles. The molecule has 600 valence electrons. The lowest BCUT2D eigenvalue weighted by atomic mass is 9.86. The molecule has 2 unspecified atom stereocenters. The number of aliphatic carboxylic acids is 1. The molecule has 13 rings (SSSR count). The van der Waals surface area contributed by atoms with Crippen LogP contribution in [0.2, 0.25) is 10.0 Å². The Morgan fingerprint density at radius 1 is 0.658 bits per heavy atom. The highest BCUT2D eigenvalue weighted by atomic mass is 35.5. The van der Waals surface area contributed by atoms with Gasteiger partial charge in [-0.25, -0.2) is 4.79 Å². The molecule has 8 aliphatic rings. The first kappa shape index (κ1) is 82.6. The lowest BCUT2D eigenvalue weighted by Crippen LogP contribution is -2.64. The van der Waals surface area contributed by atoms with Crippen LogP contribution >= 0.6 is 23.2 Å². The van der Waals surface area contributed by atoms with Gasteiger partial charge in [0.15, 0.2) is 36.2 Å². The van der Waals surface area contributed by atoms with Gasteiger partial charge in [0.05, 0.1) is 53.5 Å². The molecule has 0 radical (unpaired) electrons. The molecule has 5 aromatic carbocycles. The number of carbonyl (C=O) groups is 8. The number of amides is 7. The van der Waals surface area contributed by atoms with Crippen LogP contribution in [0.25, 0.3) is 11.1 Å². The van der Waals surface area contributed by atoms with E-state index in [9.17, 15) is 70.2 Å². The third-order valence-electron chi connectivity index (χ3n) is 20.1. The second-order valence-electron chi connectivity index (χ2n) is 29.3. The van der Waals surface area contributed by atoms with Crippen LogP contribution in [0.15, 0.2) is 78.9 Å². The van der Waals surface area contributed by atoms with Crippen molar-refractivity contribution in [2.75, 3.05) is 13.7 Å². The van der Waals surface area contributed by atoms with Crippen molar-refractivity contribution in [2.24, 2.45) is 23.1 Å². The van der Waals surface area contributed by atoms with Crippen molar-refractivity contribution in [3.05, 3.63) is 117 Å². The number of carboxylic acids is 1. The van der Waals surface area contributed by atoms with Gasteiger partial charge in [0.2, 0.25) is 53.4 Å². The van der Waals surface area contributed by atoms with Gasteiger partial charge in [0.25, 0.3) is 0 Å². The first-order valence-electron chi connectivity index (χ1n) is 35.3. The molecule has 36 nitrogen and oxygen atoms in total. The maximum Gasteiger partial charge on any atom is 0.330 e. The molecule has 23 N–H and O–H groups in total. The van der Waals surface area contributed by atoms with Gasteiger partial charge >= 0.3 is 5.97 Å². The number of likely N-dealkylation sites (N-methyl/N-ethyl adjacent to an activating group) is 1. The highest BCUT2D eigenvalue weighted by Crippen LogP contribution is 2.50. The zero-order valence-electron chi connectivity index (χ0n) is 60.7. The summed E-state index contributed by atoms with van der Waals surface area (Å²) < 4.78 is 51.7. The number of carbonyl (C=O) groups excluding carboxylic acids is 7. The zero-order chi connectivity index (χ0) is 80.9. The van der Waals surface area contributed by atoms with E-state index in [2.05, 4.69) is 37.2 Å².